The molecule has 0 saturated heterocycles. The summed E-state index contributed by atoms with van der Waals surface area (Å²) in [4.78, 5) is 26.6. The van der Waals surface area contributed by atoms with Gasteiger partial charge >= 0.3 is 12.0 Å². The third kappa shape index (κ3) is 5.90. The number of methoxy groups -OCH3 is 1. The second-order valence-electron chi connectivity index (χ2n) is 7.45. The fraction of sp³-hybridized carbons (Fsp3) is 0.348. The van der Waals surface area contributed by atoms with E-state index in [1.54, 1.807) is 49.5 Å². The Bertz CT molecular complexity index is 1020. The number of ether oxygens (including phenoxy) is 2. The van der Waals surface area contributed by atoms with Crippen molar-refractivity contribution in [2.75, 3.05) is 36.9 Å². The van der Waals surface area contributed by atoms with Gasteiger partial charge in [0.15, 0.2) is 0 Å². The number of nitrogens with zero attached hydrogens (tertiary/aromatic N) is 3. The number of amides is 2. The van der Waals surface area contributed by atoms with E-state index in [9.17, 15) is 9.59 Å². The van der Waals surface area contributed by atoms with Crippen molar-refractivity contribution < 1.29 is 19.1 Å². The molecule has 0 aliphatic carbocycles. The van der Waals surface area contributed by atoms with Crippen LogP contribution in [0.4, 0.5) is 10.5 Å². The average molecular weight is 555 g/mol. The molecule has 33 heavy (non-hydrogen) atoms. The largest absolute Gasteiger partial charge is 0.465 e. The molecule has 2 amide bonds. The number of carbonyl (C=O) groups excluding carboxylic acids is 2. The van der Waals surface area contributed by atoms with Gasteiger partial charge in [0.25, 0.3) is 0 Å². The van der Waals surface area contributed by atoms with Gasteiger partial charge in [0.05, 0.1) is 31.2 Å². The van der Waals surface area contributed by atoms with E-state index in [0.717, 1.165) is 4.47 Å². The fourth-order valence-electron chi connectivity index (χ4n) is 3.32. The number of anilines is 1. The molecule has 1 aliphatic heterocycles. The lowest BCUT2D eigenvalue weighted by atomic mass is 9.82. The van der Waals surface area contributed by atoms with E-state index in [4.69, 9.17) is 21.1 Å². The molecule has 0 saturated carbocycles. The standard InChI is InChI=1S/C23H25BrClN3O4S/c1-4-32-21(29)23(2)15-27(26-20(23)16-5-9-18(25)10-6-16)22(30)28(33-14-13-31-3)19-11-7-17(24)8-12-19/h5-12H,4,13-15H2,1-3H3. The van der Waals surface area contributed by atoms with Crippen molar-refractivity contribution in [1.29, 1.82) is 0 Å². The number of urea groups is 1. The lowest BCUT2D eigenvalue weighted by Crippen LogP contribution is -2.44. The molecule has 1 aliphatic rings. The van der Waals surface area contributed by atoms with Gasteiger partial charge in [-0.05, 0) is 67.8 Å². The van der Waals surface area contributed by atoms with E-state index in [0.29, 0.717) is 34.3 Å². The van der Waals surface area contributed by atoms with Gasteiger partial charge in [-0.15, -0.1) is 0 Å². The zero-order valence-electron chi connectivity index (χ0n) is 18.6. The van der Waals surface area contributed by atoms with Crippen LogP contribution in [0.2, 0.25) is 5.02 Å². The Hall–Kier alpha value is -2.07. The Kier molecular flexibility index (Phi) is 8.81. The van der Waals surface area contributed by atoms with Crippen molar-refractivity contribution >= 4 is 62.9 Å². The summed E-state index contributed by atoms with van der Waals surface area (Å²) in [5.41, 5.74) is 0.732. The molecular weight excluding hydrogens is 530 g/mol. The summed E-state index contributed by atoms with van der Waals surface area (Å²) in [5, 5.41) is 6.49. The molecule has 0 aromatic heterocycles. The number of benzene rings is 2. The monoisotopic (exact) mass is 553 g/mol. The smallest absolute Gasteiger partial charge is 0.355 e. The Balaban J connectivity index is 1.97. The fourth-order valence-corrected chi connectivity index (χ4v) is 4.61. The molecule has 0 fully saturated rings. The number of carbonyl (C=O) groups is 2. The van der Waals surface area contributed by atoms with Crippen molar-refractivity contribution in [2.24, 2.45) is 10.5 Å². The van der Waals surface area contributed by atoms with Gasteiger partial charge in [-0.3, -0.25) is 4.79 Å². The normalized spacial score (nSPS) is 17.6. The summed E-state index contributed by atoms with van der Waals surface area (Å²) in [6, 6.07) is 14.1. The van der Waals surface area contributed by atoms with Crippen LogP contribution >= 0.6 is 39.5 Å². The van der Waals surface area contributed by atoms with Gasteiger partial charge in [-0.1, -0.05) is 39.7 Å². The van der Waals surface area contributed by atoms with E-state index in [1.807, 2.05) is 24.3 Å². The van der Waals surface area contributed by atoms with Crippen LogP contribution in [0.3, 0.4) is 0 Å². The summed E-state index contributed by atoms with van der Waals surface area (Å²) in [7, 11) is 1.61. The van der Waals surface area contributed by atoms with Crippen molar-refractivity contribution in [3.63, 3.8) is 0 Å². The van der Waals surface area contributed by atoms with E-state index >= 15 is 0 Å². The van der Waals surface area contributed by atoms with E-state index < -0.39 is 11.4 Å². The van der Waals surface area contributed by atoms with Crippen LogP contribution in [-0.4, -0.2) is 55.3 Å². The van der Waals surface area contributed by atoms with Crippen LogP contribution in [0.25, 0.3) is 0 Å². The van der Waals surface area contributed by atoms with Crippen LogP contribution in [0.5, 0.6) is 0 Å². The molecule has 3 rings (SSSR count). The van der Waals surface area contributed by atoms with E-state index in [-0.39, 0.29) is 19.2 Å². The lowest BCUT2D eigenvalue weighted by molar-refractivity contribution is -0.150. The minimum absolute atomic E-state index is 0.0560. The summed E-state index contributed by atoms with van der Waals surface area (Å²) in [6.07, 6.45) is 0. The highest BCUT2D eigenvalue weighted by molar-refractivity contribution is 9.10. The van der Waals surface area contributed by atoms with E-state index in [2.05, 4.69) is 21.0 Å². The molecule has 2 aromatic rings. The molecule has 1 heterocycles. The van der Waals surface area contributed by atoms with Crippen LogP contribution in [0.1, 0.15) is 19.4 Å². The maximum atomic E-state index is 13.6. The van der Waals surface area contributed by atoms with Gasteiger partial charge in [-0.25, -0.2) is 14.1 Å². The predicted octanol–water partition coefficient (Wildman–Crippen LogP) is 5.61. The first-order chi connectivity index (χ1) is 15.8. The molecule has 0 N–H and O–H groups in total. The third-order valence-electron chi connectivity index (χ3n) is 5.02. The molecule has 0 spiro atoms. The first-order valence-corrected chi connectivity index (χ1v) is 12.4. The summed E-state index contributed by atoms with van der Waals surface area (Å²) in [6.45, 7) is 4.26. The van der Waals surface area contributed by atoms with Crippen molar-refractivity contribution in [1.82, 2.24) is 5.01 Å². The van der Waals surface area contributed by atoms with Crippen LogP contribution in [0.15, 0.2) is 58.1 Å². The average Bonchev–Trinajstić information content (AvgIpc) is 3.17. The Morgan fingerprint density at radius 1 is 1.21 bits per heavy atom. The summed E-state index contributed by atoms with van der Waals surface area (Å²) in [5.74, 6) is 0.130. The Morgan fingerprint density at radius 2 is 1.88 bits per heavy atom. The minimum atomic E-state index is -1.12. The zero-order chi connectivity index (χ0) is 24.0. The lowest BCUT2D eigenvalue weighted by Gasteiger charge is -2.27. The molecule has 0 bridgehead atoms. The van der Waals surface area contributed by atoms with Crippen LogP contribution in [0, 0.1) is 5.41 Å². The van der Waals surface area contributed by atoms with E-state index in [1.165, 1.54) is 17.0 Å². The topological polar surface area (TPSA) is 71.4 Å². The first-order valence-electron chi connectivity index (χ1n) is 10.3. The van der Waals surface area contributed by atoms with Gasteiger partial charge in [0, 0.05) is 22.4 Å². The number of hydrazone groups is 1. The van der Waals surface area contributed by atoms with Gasteiger partial charge in [0.1, 0.15) is 5.41 Å². The maximum absolute atomic E-state index is 13.6. The first kappa shape index (κ1) is 25.6. The minimum Gasteiger partial charge on any atom is -0.465 e. The zero-order valence-corrected chi connectivity index (χ0v) is 21.7. The highest BCUT2D eigenvalue weighted by atomic mass is 79.9. The quantitative estimate of drug-likeness (QED) is 0.241. The van der Waals surface area contributed by atoms with Crippen molar-refractivity contribution in [3.05, 3.63) is 63.6 Å². The van der Waals surface area contributed by atoms with Gasteiger partial charge in [-0.2, -0.15) is 5.10 Å². The van der Waals surface area contributed by atoms with Crippen molar-refractivity contribution in [2.45, 2.75) is 13.8 Å². The number of rotatable bonds is 8. The highest BCUT2D eigenvalue weighted by Gasteiger charge is 2.49. The Labute approximate surface area is 211 Å². The number of hydrogen-bond acceptors (Lipinski definition) is 6. The SMILES string of the molecule is CCOC(=O)C1(C)CN(C(=O)N(SCCOC)c2ccc(Br)cc2)N=C1c1ccc(Cl)cc1. The van der Waals surface area contributed by atoms with Gasteiger partial charge < -0.3 is 9.47 Å². The maximum Gasteiger partial charge on any atom is 0.355 e. The number of halogens is 2. The molecule has 1 atom stereocenters. The molecular formula is C23H25BrClN3O4S. The Morgan fingerprint density at radius 3 is 2.48 bits per heavy atom. The molecule has 0 radical (unpaired) electrons. The van der Waals surface area contributed by atoms with Crippen LogP contribution < -0.4 is 4.31 Å². The van der Waals surface area contributed by atoms with Crippen molar-refractivity contribution in [3.8, 4) is 0 Å². The second kappa shape index (κ2) is 11.4. The second-order valence-corrected chi connectivity index (χ2v) is 9.83. The summed E-state index contributed by atoms with van der Waals surface area (Å²) >= 11 is 10.8. The molecule has 2 aromatic carbocycles. The molecule has 1 unspecified atom stereocenters. The predicted molar refractivity (Wildman–Crippen MR) is 136 cm³/mol. The number of esters is 1. The molecule has 10 heteroatoms. The van der Waals surface area contributed by atoms with Crippen LogP contribution in [-0.2, 0) is 14.3 Å². The molecule has 7 nitrogen and oxygen atoms in total. The third-order valence-corrected chi connectivity index (χ3v) is 6.77. The molecule has 176 valence electrons. The highest BCUT2D eigenvalue weighted by Crippen LogP contribution is 2.35. The number of hydrogen-bond donors (Lipinski definition) is 0. The summed E-state index contributed by atoms with van der Waals surface area (Å²) < 4.78 is 13.0. The van der Waals surface area contributed by atoms with Gasteiger partial charge in [0.2, 0.25) is 0 Å².